The van der Waals surface area contributed by atoms with Gasteiger partial charge in [0.05, 0.1) is 6.61 Å². The van der Waals surface area contributed by atoms with Crippen molar-refractivity contribution in [1.82, 2.24) is 5.32 Å². The zero-order chi connectivity index (χ0) is 15.5. The summed E-state index contributed by atoms with van der Waals surface area (Å²) >= 11 is 0. The van der Waals surface area contributed by atoms with Gasteiger partial charge in [-0.3, -0.25) is 8.98 Å². The van der Waals surface area contributed by atoms with E-state index in [2.05, 4.69) is 9.50 Å². The van der Waals surface area contributed by atoms with Crippen LogP contribution in [0.2, 0.25) is 0 Å². The van der Waals surface area contributed by atoms with Gasteiger partial charge in [0.1, 0.15) is 24.4 Å². The zero-order valence-corrected chi connectivity index (χ0v) is 13.3. The Labute approximate surface area is 138 Å². The maximum atomic E-state index is 11.0. The van der Waals surface area contributed by atoms with Crippen LogP contribution in [0.4, 0.5) is 0 Å². The Kier molecular flexibility index (Phi) is 7.28. The van der Waals surface area contributed by atoms with Crippen LogP contribution in [0.5, 0.6) is 0 Å². The summed E-state index contributed by atoms with van der Waals surface area (Å²) in [6.07, 6.45) is -6.66. The monoisotopic (exact) mass is 324 g/mol. The summed E-state index contributed by atoms with van der Waals surface area (Å²) < 4.78 is 46.2. The topological polar surface area (TPSA) is 165 Å². The van der Waals surface area contributed by atoms with Gasteiger partial charge in [-0.1, -0.05) is 0 Å². The van der Waals surface area contributed by atoms with Crippen LogP contribution in [-0.4, -0.2) is 71.4 Å². The van der Waals surface area contributed by atoms with E-state index in [0.29, 0.717) is 0 Å². The molecule has 5 atom stereocenters. The standard InChI is InChI=1S/C8H15NO9S.Na/c1-3(10)9-5-7(12)6(11)4(18-8(5)13)2-17-19(14,15)16;/h4-8,11-13H,2H2,1H3,(H,9,10)(H,14,15,16);/q;+1/p-1/t4-,5-,6-,7-,8?;/m1./s1/i1D;. The molecule has 1 rings (SSSR count). The van der Waals surface area contributed by atoms with E-state index >= 15 is 0 Å². The number of rotatable bonds is 4. The van der Waals surface area contributed by atoms with Gasteiger partial charge in [-0.15, -0.1) is 0 Å². The molecule has 1 unspecified atom stereocenters. The second-order valence-corrected chi connectivity index (χ2v) is 4.88. The van der Waals surface area contributed by atoms with Crippen LogP contribution in [0.15, 0.2) is 0 Å². The number of amides is 1. The van der Waals surface area contributed by atoms with Crippen LogP contribution < -0.4 is 34.9 Å². The van der Waals surface area contributed by atoms with Crippen LogP contribution in [-0.2, 0) is 24.1 Å². The molecule has 0 aliphatic carbocycles. The average Bonchev–Trinajstić information content (AvgIpc) is 2.36. The van der Waals surface area contributed by atoms with Crippen molar-refractivity contribution in [2.75, 3.05) is 6.61 Å². The van der Waals surface area contributed by atoms with Crippen LogP contribution in [0.3, 0.4) is 0 Å². The molecular formula is C8H14NNaO9S. The predicted molar refractivity (Wildman–Crippen MR) is 56.1 cm³/mol. The molecule has 1 amide bonds. The maximum Gasteiger partial charge on any atom is 1.00 e. The van der Waals surface area contributed by atoms with Crippen molar-refractivity contribution >= 4 is 16.3 Å². The van der Waals surface area contributed by atoms with Crippen molar-refractivity contribution in [3.63, 3.8) is 0 Å². The minimum absolute atomic E-state index is 0. The smallest absolute Gasteiger partial charge is 0.726 e. The summed E-state index contributed by atoms with van der Waals surface area (Å²) in [6.45, 7) is -1.56. The summed E-state index contributed by atoms with van der Waals surface area (Å²) in [5, 5.41) is 31.0. The third kappa shape index (κ3) is 5.89. The Bertz CT molecular complexity index is 449. The molecular weight excluding hydrogens is 309 g/mol. The normalized spacial score (nSPS) is 34.8. The molecule has 1 saturated heterocycles. The van der Waals surface area contributed by atoms with Crippen molar-refractivity contribution in [3.8, 4) is 0 Å². The van der Waals surface area contributed by atoms with Gasteiger partial charge in [0.2, 0.25) is 16.3 Å². The molecule has 1 aliphatic heterocycles. The van der Waals surface area contributed by atoms with E-state index in [9.17, 15) is 33.1 Å². The van der Waals surface area contributed by atoms with Gasteiger partial charge >= 0.3 is 29.6 Å². The first kappa shape index (κ1) is 18.2. The van der Waals surface area contributed by atoms with Crippen LogP contribution in [0.1, 0.15) is 8.27 Å². The molecule has 1 fully saturated rings. The summed E-state index contributed by atoms with van der Waals surface area (Å²) in [4.78, 5) is 11.0. The summed E-state index contributed by atoms with van der Waals surface area (Å²) in [7, 11) is -5.02. The fourth-order valence-electron chi connectivity index (χ4n) is 1.58. The quantitative estimate of drug-likeness (QED) is 0.223. The Morgan fingerprint density at radius 3 is 2.55 bits per heavy atom. The van der Waals surface area contributed by atoms with E-state index in [1.54, 1.807) is 0 Å². The molecule has 0 radical (unpaired) electrons. The Hall–Kier alpha value is 0.180. The molecule has 12 heteroatoms. The predicted octanol–water partition coefficient (Wildman–Crippen LogP) is -6.59. The van der Waals surface area contributed by atoms with E-state index in [4.69, 9.17) is 6.11 Å². The van der Waals surface area contributed by atoms with Crippen molar-refractivity contribution in [1.29, 1.82) is 0 Å². The first-order chi connectivity index (χ1) is 9.15. The van der Waals surface area contributed by atoms with Gasteiger partial charge in [0.25, 0.3) is 0 Å². The molecule has 4 N–H and O–H groups in total. The summed E-state index contributed by atoms with van der Waals surface area (Å²) in [5.74, 6) is -0.819. The van der Waals surface area contributed by atoms with Crippen molar-refractivity contribution < 1.29 is 72.9 Å². The number of hydrogen-bond acceptors (Lipinski definition) is 9. The van der Waals surface area contributed by atoms with E-state index in [0.717, 1.165) is 0 Å². The summed E-state index contributed by atoms with van der Waals surface area (Å²) in [6, 6.07) is -1.40. The number of aliphatic hydroxyl groups excluding tert-OH is 3. The second-order valence-electron chi connectivity index (χ2n) is 3.83. The molecule has 0 spiro atoms. The molecule has 1 heterocycles. The van der Waals surface area contributed by atoms with Gasteiger partial charge in [0, 0.05) is 8.27 Å². The van der Waals surface area contributed by atoms with E-state index in [1.165, 1.54) is 0 Å². The van der Waals surface area contributed by atoms with Gasteiger partial charge in [-0.2, -0.15) is 0 Å². The molecule has 10 nitrogen and oxygen atoms in total. The second kappa shape index (κ2) is 7.98. The largest absolute Gasteiger partial charge is 1.00 e. The average molecular weight is 324 g/mol. The molecule has 1 aliphatic rings. The van der Waals surface area contributed by atoms with Crippen molar-refractivity contribution in [2.45, 2.75) is 37.5 Å². The molecule has 0 saturated carbocycles. The SMILES string of the molecule is [2H]CC(=O)N[C@H]1C(O)O[C@H](COS(=O)(=O)[O-])[C@@H](O)[C@@H]1O.[Na+]. The van der Waals surface area contributed by atoms with Crippen LogP contribution in [0, 0.1) is 0 Å². The Balaban J connectivity index is 0.00000400. The molecule has 20 heavy (non-hydrogen) atoms. The number of nitrogens with one attached hydrogen (secondary N) is 1. The summed E-state index contributed by atoms with van der Waals surface area (Å²) in [5.41, 5.74) is 0. The third-order valence-electron chi connectivity index (χ3n) is 2.42. The number of ether oxygens (including phenoxy) is 1. The fraction of sp³-hybridized carbons (Fsp3) is 0.875. The van der Waals surface area contributed by atoms with Gasteiger partial charge in [0.15, 0.2) is 6.29 Å². The number of carbonyl (C=O) groups excluding carboxylic acids is 1. The number of hydrogen-bond donors (Lipinski definition) is 4. The minimum Gasteiger partial charge on any atom is -0.726 e. The van der Waals surface area contributed by atoms with Gasteiger partial charge < -0.3 is 29.9 Å². The van der Waals surface area contributed by atoms with Crippen LogP contribution >= 0.6 is 0 Å². The van der Waals surface area contributed by atoms with E-state index in [-0.39, 0.29) is 29.6 Å². The molecule has 0 aromatic rings. The van der Waals surface area contributed by atoms with Gasteiger partial charge in [-0.25, -0.2) is 8.42 Å². The van der Waals surface area contributed by atoms with Gasteiger partial charge in [-0.05, 0) is 0 Å². The van der Waals surface area contributed by atoms with Crippen molar-refractivity contribution in [2.24, 2.45) is 0 Å². The molecule has 0 bridgehead atoms. The zero-order valence-electron chi connectivity index (χ0n) is 11.5. The maximum absolute atomic E-state index is 11.0. The first-order valence-corrected chi connectivity index (χ1v) is 6.37. The Morgan fingerprint density at radius 1 is 1.45 bits per heavy atom. The third-order valence-corrected chi connectivity index (χ3v) is 2.85. The molecule has 0 aromatic carbocycles. The molecule has 112 valence electrons. The number of aliphatic hydroxyl groups is 3. The fourth-order valence-corrected chi connectivity index (χ4v) is 1.88. The first-order valence-electron chi connectivity index (χ1n) is 5.75. The van der Waals surface area contributed by atoms with E-state index in [1.807, 2.05) is 0 Å². The van der Waals surface area contributed by atoms with E-state index < -0.39 is 60.5 Å². The Morgan fingerprint density at radius 2 is 2.05 bits per heavy atom. The number of carbonyl (C=O) groups is 1. The molecule has 0 aromatic heterocycles. The van der Waals surface area contributed by atoms with Crippen molar-refractivity contribution in [3.05, 3.63) is 0 Å². The minimum atomic E-state index is -5.02. The van der Waals surface area contributed by atoms with Crippen LogP contribution in [0.25, 0.3) is 0 Å².